The molecular formula is C10H16O6. The fraction of sp³-hybridized carbons (Fsp3) is 0.800. The number of Topliss-reactive ketones (excluding diaryl/α,β-unsaturated/α-hetero) is 1. The van der Waals surface area contributed by atoms with Crippen LogP contribution in [0.4, 0.5) is 0 Å². The van der Waals surface area contributed by atoms with Crippen LogP contribution in [0, 0.1) is 0 Å². The van der Waals surface area contributed by atoms with E-state index in [1.165, 1.54) is 0 Å². The molecule has 0 aromatic rings. The molecule has 0 bridgehead atoms. The first-order valence-electron chi connectivity index (χ1n) is 4.98. The van der Waals surface area contributed by atoms with E-state index in [1.54, 1.807) is 20.8 Å². The molecule has 1 rings (SSSR count). The van der Waals surface area contributed by atoms with Crippen molar-refractivity contribution in [1.29, 1.82) is 0 Å². The summed E-state index contributed by atoms with van der Waals surface area (Å²) >= 11 is 0. The van der Waals surface area contributed by atoms with Crippen LogP contribution >= 0.6 is 0 Å². The number of aliphatic hydroxyl groups excluding tert-OH is 2. The van der Waals surface area contributed by atoms with Crippen molar-refractivity contribution >= 4 is 11.8 Å². The van der Waals surface area contributed by atoms with Crippen LogP contribution in [-0.4, -0.2) is 52.5 Å². The molecule has 0 aliphatic carbocycles. The Morgan fingerprint density at radius 2 is 2.00 bits per heavy atom. The van der Waals surface area contributed by atoms with Crippen molar-refractivity contribution in [3.05, 3.63) is 0 Å². The lowest BCUT2D eigenvalue weighted by atomic mass is 10.1. The maximum atomic E-state index is 11.4. The predicted octanol–water partition coefficient (Wildman–Crippen LogP) is -0.982. The molecule has 1 aliphatic heterocycles. The molecule has 0 radical (unpaired) electrons. The Morgan fingerprint density at radius 3 is 2.44 bits per heavy atom. The van der Waals surface area contributed by atoms with Crippen molar-refractivity contribution in [2.75, 3.05) is 6.61 Å². The van der Waals surface area contributed by atoms with Gasteiger partial charge in [-0.2, -0.15) is 0 Å². The molecule has 2 N–H and O–H groups in total. The third-order valence-corrected chi connectivity index (χ3v) is 2.05. The van der Waals surface area contributed by atoms with E-state index in [2.05, 4.69) is 4.74 Å². The van der Waals surface area contributed by atoms with Crippen molar-refractivity contribution in [2.45, 2.75) is 44.7 Å². The Kier molecular flexibility index (Phi) is 3.67. The molecule has 1 heterocycles. The van der Waals surface area contributed by atoms with Gasteiger partial charge in [0.15, 0.2) is 12.2 Å². The molecule has 3 atom stereocenters. The van der Waals surface area contributed by atoms with Crippen LogP contribution in [0.5, 0.6) is 0 Å². The third-order valence-electron chi connectivity index (χ3n) is 2.05. The lowest BCUT2D eigenvalue weighted by molar-refractivity contribution is -0.153. The van der Waals surface area contributed by atoms with Gasteiger partial charge in [0.05, 0.1) is 12.2 Å². The fourth-order valence-corrected chi connectivity index (χ4v) is 1.39. The minimum atomic E-state index is -1.32. The Hall–Kier alpha value is -0.980. The molecule has 1 aliphatic rings. The number of aliphatic hydroxyl groups is 2. The first-order valence-corrected chi connectivity index (χ1v) is 4.98. The van der Waals surface area contributed by atoms with Crippen LogP contribution in [0.3, 0.4) is 0 Å². The molecular weight excluding hydrogens is 216 g/mol. The summed E-state index contributed by atoms with van der Waals surface area (Å²) in [4.78, 5) is 22.5. The van der Waals surface area contributed by atoms with Gasteiger partial charge >= 0.3 is 5.97 Å². The van der Waals surface area contributed by atoms with Gasteiger partial charge in [0.1, 0.15) is 6.10 Å². The minimum Gasteiger partial charge on any atom is -0.450 e. The average molecular weight is 232 g/mol. The molecule has 0 spiro atoms. The summed E-state index contributed by atoms with van der Waals surface area (Å²) < 4.78 is 10.0. The van der Waals surface area contributed by atoms with Crippen molar-refractivity contribution in [3.63, 3.8) is 0 Å². The molecule has 1 unspecified atom stereocenters. The van der Waals surface area contributed by atoms with E-state index >= 15 is 0 Å². The largest absolute Gasteiger partial charge is 0.450 e. The zero-order valence-electron chi connectivity index (χ0n) is 9.47. The van der Waals surface area contributed by atoms with Crippen LogP contribution in [0.15, 0.2) is 0 Å². The number of rotatable bonds is 3. The van der Waals surface area contributed by atoms with Gasteiger partial charge in [-0.1, -0.05) is 0 Å². The topological polar surface area (TPSA) is 93.1 Å². The highest BCUT2D eigenvalue weighted by Gasteiger charge is 2.49. The summed E-state index contributed by atoms with van der Waals surface area (Å²) in [5.74, 6) is -1.86. The molecule has 92 valence electrons. The predicted molar refractivity (Wildman–Crippen MR) is 52.6 cm³/mol. The summed E-state index contributed by atoms with van der Waals surface area (Å²) in [6.45, 7) is 4.54. The minimum absolute atomic E-state index is 0.602. The van der Waals surface area contributed by atoms with Gasteiger partial charge in [-0.05, 0) is 20.8 Å². The number of hydrogen-bond acceptors (Lipinski definition) is 6. The lowest BCUT2D eigenvalue weighted by Crippen LogP contribution is -2.44. The van der Waals surface area contributed by atoms with Gasteiger partial charge in [-0.3, -0.25) is 4.79 Å². The molecule has 6 nitrogen and oxygen atoms in total. The quantitative estimate of drug-likeness (QED) is 0.480. The lowest BCUT2D eigenvalue weighted by Gasteiger charge is -2.27. The monoisotopic (exact) mass is 232 g/mol. The Labute approximate surface area is 93.2 Å². The second-order valence-electron chi connectivity index (χ2n) is 4.63. The number of hydrogen-bond donors (Lipinski definition) is 2. The Bertz CT molecular complexity index is 292. The smallest absolute Gasteiger partial charge is 0.378 e. The van der Waals surface area contributed by atoms with Crippen LogP contribution in [0.1, 0.15) is 20.8 Å². The average Bonchev–Trinajstić information content (AvgIpc) is 2.43. The number of carbonyl (C=O) groups excluding carboxylic acids is 2. The van der Waals surface area contributed by atoms with Gasteiger partial charge in [0.25, 0.3) is 5.78 Å². The number of esters is 1. The first-order chi connectivity index (χ1) is 7.26. The van der Waals surface area contributed by atoms with E-state index in [1.807, 2.05) is 0 Å². The fourth-order valence-electron chi connectivity index (χ4n) is 1.39. The maximum absolute atomic E-state index is 11.4. The van der Waals surface area contributed by atoms with Crippen molar-refractivity contribution in [3.8, 4) is 0 Å². The molecule has 16 heavy (non-hydrogen) atoms. The SMILES string of the molecule is CC(C)(C)OC1C(=O)C(=O)O[C@@H]1[C@@H](O)CO. The highest BCUT2D eigenvalue weighted by atomic mass is 16.6. The van der Waals surface area contributed by atoms with E-state index in [0.29, 0.717) is 0 Å². The van der Waals surface area contributed by atoms with E-state index in [0.717, 1.165) is 0 Å². The standard InChI is InChI=1S/C10H16O6/c1-10(2,3)16-8-6(13)9(14)15-7(8)5(12)4-11/h5,7-8,11-12H,4H2,1-3H3/t5-,7+,8?/m0/s1. The first kappa shape index (κ1) is 13.1. The van der Waals surface area contributed by atoms with Gasteiger partial charge < -0.3 is 19.7 Å². The van der Waals surface area contributed by atoms with E-state index in [-0.39, 0.29) is 0 Å². The number of cyclic esters (lactones) is 1. The Balaban J connectivity index is 2.84. The number of ether oxygens (including phenoxy) is 2. The summed E-state index contributed by atoms with van der Waals surface area (Å²) in [6.07, 6.45) is -3.61. The number of ketones is 1. The molecule has 1 saturated heterocycles. The summed E-state index contributed by atoms with van der Waals surface area (Å²) in [5.41, 5.74) is -0.651. The van der Waals surface area contributed by atoms with E-state index in [4.69, 9.17) is 9.84 Å². The van der Waals surface area contributed by atoms with Gasteiger partial charge in [0.2, 0.25) is 0 Å². The normalized spacial score (nSPS) is 28.1. The zero-order chi connectivity index (χ0) is 12.5. The van der Waals surface area contributed by atoms with Crippen molar-refractivity contribution in [1.82, 2.24) is 0 Å². The molecule has 6 heteroatoms. The summed E-state index contributed by atoms with van der Waals surface area (Å²) in [7, 11) is 0. The van der Waals surface area contributed by atoms with Crippen molar-refractivity contribution in [2.24, 2.45) is 0 Å². The molecule has 0 aromatic carbocycles. The molecule has 1 fully saturated rings. The van der Waals surface area contributed by atoms with Crippen LogP contribution in [0.2, 0.25) is 0 Å². The highest BCUT2D eigenvalue weighted by Crippen LogP contribution is 2.23. The van der Waals surface area contributed by atoms with E-state index < -0.39 is 42.3 Å². The summed E-state index contributed by atoms with van der Waals surface area (Å²) in [6, 6.07) is 0. The Morgan fingerprint density at radius 1 is 1.44 bits per heavy atom. The van der Waals surface area contributed by atoms with Crippen LogP contribution < -0.4 is 0 Å². The maximum Gasteiger partial charge on any atom is 0.378 e. The number of carbonyl (C=O) groups is 2. The van der Waals surface area contributed by atoms with Crippen LogP contribution in [-0.2, 0) is 19.1 Å². The molecule has 0 aromatic heterocycles. The van der Waals surface area contributed by atoms with Gasteiger partial charge in [-0.25, -0.2) is 4.79 Å². The second kappa shape index (κ2) is 4.48. The second-order valence-corrected chi connectivity index (χ2v) is 4.63. The highest BCUT2D eigenvalue weighted by molar-refractivity contribution is 6.37. The van der Waals surface area contributed by atoms with Gasteiger partial charge in [-0.15, -0.1) is 0 Å². The molecule has 0 amide bonds. The van der Waals surface area contributed by atoms with E-state index in [9.17, 15) is 14.7 Å². The molecule has 0 saturated carbocycles. The summed E-state index contributed by atoms with van der Waals surface area (Å²) in [5, 5.41) is 18.2. The van der Waals surface area contributed by atoms with Crippen LogP contribution in [0.25, 0.3) is 0 Å². The van der Waals surface area contributed by atoms with Gasteiger partial charge in [0, 0.05) is 0 Å². The third kappa shape index (κ3) is 2.78. The zero-order valence-corrected chi connectivity index (χ0v) is 9.47. The van der Waals surface area contributed by atoms with Crippen molar-refractivity contribution < 1.29 is 29.3 Å².